The van der Waals surface area contributed by atoms with E-state index in [1.165, 1.54) is 5.56 Å². The molecule has 0 saturated heterocycles. The number of hydrazone groups is 1. The lowest BCUT2D eigenvalue weighted by Gasteiger charge is -2.17. The van der Waals surface area contributed by atoms with E-state index in [1.807, 2.05) is 19.1 Å². The van der Waals surface area contributed by atoms with Crippen molar-refractivity contribution in [1.82, 2.24) is 10.7 Å². The van der Waals surface area contributed by atoms with E-state index < -0.39 is 0 Å². The Hall–Kier alpha value is -2.17. The SMILES string of the molecule is CCc1ccc(C(C)NC(=O)C2=NNC(=O)CC2)cc1. The maximum Gasteiger partial charge on any atom is 0.267 e. The van der Waals surface area contributed by atoms with Crippen LogP contribution in [0.5, 0.6) is 0 Å². The predicted octanol–water partition coefficient (Wildman–Crippen LogP) is 1.69. The van der Waals surface area contributed by atoms with E-state index in [0.29, 0.717) is 18.6 Å². The third-order valence-electron chi connectivity index (χ3n) is 3.40. The zero-order valence-electron chi connectivity index (χ0n) is 11.8. The number of carbonyl (C=O) groups is 2. The minimum absolute atomic E-state index is 0.0891. The summed E-state index contributed by atoms with van der Waals surface area (Å²) in [5, 5.41) is 6.69. The van der Waals surface area contributed by atoms with Crippen LogP contribution in [-0.4, -0.2) is 17.5 Å². The van der Waals surface area contributed by atoms with Gasteiger partial charge in [-0.2, -0.15) is 5.10 Å². The minimum atomic E-state index is -0.225. The van der Waals surface area contributed by atoms with Gasteiger partial charge in [-0.3, -0.25) is 9.59 Å². The molecule has 0 aromatic heterocycles. The number of nitrogens with zero attached hydrogens (tertiary/aromatic N) is 1. The highest BCUT2D eigenvalue weighted by atomic mass is 16.2. The van der Waals surface area contributed by atoms with Crippen LogP contribution >= 0.6 is 0 Å². The van der Waals surface area contributed by atoms with Crippen molar-refractivity contribution in [2.75, 3.05) is 0 Å². The van der Waals surface area contributed by atoms with Gasteiger partial charge in [-0.25, -0.2) is 5.43 Å². The molecule has 106 valence electrons. The molecule has 0 radical (unpaired) electrons. The van der Waals surface area contributed by atoms with Crippen LogP contribution < -0.4 is 10.7 Å². The Morgan fingerprint density at radius 3 is 2.60 bits per heavy atom. The van der Waals surface area contributed by atoms with E-state index in [0.717, 1.165) is 12.0 Å². The molecule has 1 heterocycles. The van der Waals surface area contributed by atoms with Crippen LogP contribution in [0.1, 0.15) is 43.9 Å². The van der Waals surface area contributed by atoms with E-state index in [1.54, 1.807) is 0 Å². The Morgan fingerprint density at radius 2 is 2.05 bits per heavy atom. The number of benzene rings is 1. The van der Waals surface area contributed by atoms with Gasteiger partial charge in [-0.05, 0) is 24.5 Å². The average Bonchev–Trinajstić information content (AvgIpc) is 2.48. The highest BCUT2D eigenvalue weighted by Crippen LogP contribution is 2.14. The van der Waals surface area contributed by atoms with Gasteiger partial charge in [-0.1, -0.05) is 31.2 Å². The van der Waals surface area contributed by atoms with Crippen molar-refractivity contribution in [3.8, 4) is 0 Å². The molecular weight excluding hydrogens is 254 g/mol. The number of aryl methyl sites for hydroxylation is 1. The van der Waals surface area contributed by atoms with Crippen LogP contribution in [0.15, 0.2) is 29.4 Å². The number of hydrogen-bond donors (Lipinski definition) is 2. The van der Waals surface area contributed by atoms with Gasteiger partial charge in [0.1, 0.15) is 5.71 Å². The van der Waals surface area contributed by atoms with E-state index in [-0.39, 0.29) is 17.9 Å². The van der Waals surface area contributed by atoms with Gasteiger partial charge in [-0.15, -0.1) is 0 Å². The molecule has 1 aliphatic rings. The first-order chi connectivity index (χ1) is 9.60. The maximum atomic E-state index is 12.0. The van der Waals surface area contributed by atoms with Crippen LogP contribution in [0.2, 0.25) is 0 Å². The van der Waals surface area contributed by atoms with Gasteiger partial charge < -0.3 is 5.32 Å². The van der Waals surface area contributed by atoms with Gasteiger partial charge >= 0.3 is 0 Å². The van der Waals surface area contributed by atoms with E-state index in [4.69, 9.17) is 0 Å². The molecule has 0 aliphatic carbocycles. The van der Waals surface area contributed by atoms with E-state index >= 15 is 0 Å². The van der Waals surface area contributed by atoms with Crippen LogP contribution in [0.3, 0.4) is 0 Å². The second-order valence-corrected chi connectivity index (χ2v) is 4.88. The predicted molar refractivity (Wildman–Crippen MR) is 77.2 cm³/mol. The highest BCUT2D eigenvalue weighted by molar-refractivity contribution is 6.39. The fourth-order valence-electron chi connectivity index (χ4n) is 2.04. The van der Waals surface area contributed by atoms with Crippen molar-refractivity contribution in [2.24, 2.45) is 5.10 Å². The Kier molecular flexibility index (Phi) is 4.50. The summed E-state index contributed by atoms with van der Waals surface area (Å²) in [4.78, 5) is 23.0. The second-order valence-electron chi connectivity index (χ2n) is 4.88. The number of carbonyl (C=O) groups excluding carboxylic acids is 2. The fourth-order valence-corrected chi connectivity index (χ4v) is 2.04. The largest absolute Gasteiger partial charge is 0.344 e. The Balaban J connectivity index is 1.98. The molecule has 20 heavy (non-hydrogen) atoms. The molecular formula is C15H19N3O2. The van der Waals surface area contributed by atoms with Gasteiger partial charge in [0.05, 0.1) is 6.04 Å². The summed E-state index contributed by atoms with van der Waals surface area (Å²) in [5.41, 5.74) is 5.03. The minimum Gasteiger partial charge on any atom is -0.344 e. The third-order valence-corrected chi connectivity index (χ3v) is 3.40. The Bertz CT molecular complexity index is 535. The molecule has 2 N–H and O–H groups in total. The summed E-state index contributed by atoms with van der Waals surface area (Å²) in [6.07, 6.45) is 1.70. The molecule has 5 nitrogen and oxygen atoms in total. The molecule has 1 aromatic rings. The van der Waals surface area contributed by atoms with Crippen molar-refractivity contribution in [3.63, 3.8) is 0 Å². The molecule has 1 aliphatic heterocycles. The van der Waals surface area contributed by atoms with Gasteiger partial charge in [0, 0.05) is 12.8 Å². The quantitative estimate of drug-likeness (QED) is 0.876. The second kappa shape index (κ2) is 6.32. The first kappa shape index (κ1) is 14.2. The molecule has 0 bridgehead atoms. The number of hydrogen-bond acceptors (Lipinski definition) is 3. The molecule has 1 aromatic carbocycles. The lowest BCUT2D eigenvalue weighted by Crippen LogP contribution is -2.37. The molecule has 1 unspecified atom stereocenters. The summed E-state index contributed by atoms with van der Waals surface area (Å²) in [5.74, 6) is -0.373. The number of rotatable bonds is 4. The molecule has 2 rings (SSSR count). The van der Waals surface area contributed by atoms with Crippen molar-refractivity contribution in [1.29, 1.82) is 0 Å². The number of nitrogens with one attached hydrogen (secondary N) is 2. The normalized spacial score (nSPS) is 16.1. The zero-order chi connectivity index (χ0) is 14.5. The first-order valence-electron chi connectivity index (χ1n) is 6.85. The molecule has 5 heteroatoms. The monoisotopic (exact) mass is 273 g/mol. The highest BCUT2D eigenvalue weighted by Gasteiger charge is 2.19. The fraction of sp³-hybridized carbons (Fsp3) is 0.400. The standard InChI is InChI=1S/C15H19N3O2/c1-3-11-4-6-12(7-5-11)10(2)16-15(20)13-8-9-14(19)18-17-13/h4-7,10H,3,8-9H2,1-2H3,(H,16,20)(H,18,19). The van der Waals surface area contributed by atoms with Crippen molar-refractivity contribution in [3.05, 3.63) is 35.4 Å². The van der Waals surface area contributed by atoms with Gasteiger partial charge in [0.15, 0.2) is 0 Å². The summed E-state index contributed by atoms with van der Waals surface area (Å²) in [6, 6.07) is 8.09. The number of amides is 2. The molecule has 1 atom stereocenters. The van der Waals surface area contributed by atoms with Gasteiger partial charge in [0.2, 0.25) is 5.91 Å². The zero-order valence-corrected chi connectivity index (χ0v) is 11.8. The first-order valence-corrected chi connectivity index (χ1v) is 6.85. The summed E-state index contributed by atoms with van der Waals surface area (Å²) in [6.45, 7) is 4.04. The van der Waals surface area contributed by atoms with Crippen molar-refractivity contribution < 1.29 is 9.59 Å². The molecule has 0 saturated carbocycles. The lowest BCUT2D eigenvalue weighted by atomic mass is 10.0. The van der Waals surface area contributed by atoms with Crippen molar-refractivity contribution in [2.45, 2.75) is 39.2 Å². The Morgan fingerprint density at radius 1 is 1.35 bits per heavy atom. The lowest BCUT2D eigenvalue weighted by molar-refractivity contribution is -0.121. The van der Waals surface area contributed by atoms with E-state index in [2.05, 4.69) is 34.9 Å². The Labute approximate surface area is 118 Å². The summed E-state index contributed by atoms with van der Waals surface area (Å²) >= 11 is 0. The topological polar surface area (TPSA) is 70.6 Å². The van der Waals surface area contributed by atoms with Crippen LogP contribution in [0, 0.1) is 0 Å². The van der Waals surface area contributed by atoms with Crippen LogP contribution in [0.25, 0.3) is 0 Å². The van der Waals surface area contributed by atoms with Crippen LogP contribution in [0.4, 0.5) is 0 Å². The average molecular weight is 273 g/mol. The summed E-state index contributed by atoms with van der Waals surface area (Å²) < 4.78 is 0. The van der Waals surface area contributed by atoms with Crippen molar-refractivity contribution >= 4 is 17.5 Å². The van der Waals surface area contributed by atoms with Gasteiger partial charge in [0.25, 0.3) is 5.91 Å². The summed E-state index contributed by atoms with van der Waals surface area (Å²) in [7, 11) is 0. The van der Waals surface area contributed by atoms with E-state index in [9.17, 15) is 9.59 Å². The molecule has 0 fully saturated rings. The third kappa shape index (κ3) is 3.44. The maximum absolute atomic E-state index is 12.0. The van der Waals surface area contributed by atoms with Crippen LogP contribution in [-0.2, 0) is 16.0 Å². The molecule has 2 amide bonds. The molecule has 0 spiro atoms. The smallest absolute Gasteiger partial charge is 0.267 e.